The number of hydrogen-bond donors (Lipinski definition) is 0. The molecule has 0 unspecified atom stereocenters. The molecule has 2 heterocycles. The number of hydrogen-bond acceptors (Lipinski definition) is 5. The van der Waals surface area contributed by atoms with Crippen molar-refractivity contribution in [3.05, 3.63) is 108 Å². The lowest BCUT2D eigenvalue weighted by Crippen LogP contribution is -2.39. The van der Waals surface area contributed by atoms with Crippen LogP contribution in [0.5, 0.6) is 0 Å². The second-order valence-electron chi connectivity index (χ2n) is 8.59. The second-order valence-corrected chi connectivity index (χ2v) is 8.99. The molecule has 0 aromatic heterocycles. The molecule has 5 heteroatoms. The lowest BCUT2D eigenvalue weighted by molar-refractivity contribution is -0.164. The van der Waals surface area contributed by atoms with Crippen molar-refractivity contribution in [1.82, 2.24) is 0 Å². The number of benzene rings is 3. The smallest absolute Gasteiger partial charge is 0.192 e. The molecule has 0 amide bonds. The lowest BCUT2D eigenvalue weighted by Gasteiger charge is -2.37. The molecule has 3 aromatic rings. The van der Waals surface area contributed by atoms with Gasteiger partial charge in [0, 0.05) is 0 Å². The van der Waals surface area contributed by atoms with Crippen LogP contribution in [0.2, 0.25) is 0 Å². The summed E-state index contributed by atoms with van der Waals surface area (Å²) in [7, 11) is 0. The van der Waals surface area contributed by atoms with E-state index in [1.165, 1.54) is 0 Å². The Labute approximate surface area is 194 Å². The van der Waals surface area contributed by atoms with Gasteiger partial charge in [0.2, 0.25) is 0 Å². The van der Waals surface area contributed by atoms with Gasteiger partial charge < -0.3 is 18.9 Å². The predicted octanol–water partition coefficient (Wildman–Crippen LogP) is 5.24. The van der Waals surface area contributed by atoms with E-state index in [0.29, 0.717) is 11.7 Å². The van der Waals surface area contributed by atoms with E-state index >= 15 is 0 Å². The Balaban J connectivity index is 1.56. The highest BCUT2D eigenvalue weighted by Gasteiger charge is 2.54. The van der Waals surface area contributed by atoms with Crippen LogP contribution in [0.25, 0.3) is 0 Å². The monoisotopic (exact) mass is 446 g/mol. The molecule has 0 aliphatic carbocycles. The molecule has 2 fully saturated rings. The highest BCUT2D eigenvalue weighted by atomic mass is 32.1. The molecule has 2 aliphatic rings. The Hall–Kier alpha value is -2.57. The van der Waals surface area contributed by atoms with E-state index in [9.17, 15) is 0 Å². The number of fused-ring (bicyclic) bond motifs is 1. The van der Waals surface area contributed by atoms with Crippen molar-refractivity contribution in [3.8, 4) is 0 Å². The summed E-state index contributed by atoms with van der Waals surface area (Å²) < 4.78 is 24.9. The van der Waals surface area contributed by atoms with Crippen LogP contribution in [-0.4, -0.2) is 35.8 Å². The van der Waals surface area contributed by atoms with Crippen molar-refractivity contribution in [1.29, 1.82) is 0 Å². The lowest BCUT2D eigenvalue weighted by atomic mass is 9.80. The van der Waals surface area contributed by atoms with Gasteiger partial charge in [-0.25, -0.2) is 0 Å². The van der Waals surface area contributed by atoms with Crippen LogP contribution in [0.1, 0.15) is 30.5 Å². The van der Waals surface area contributed by atoms with Crippen LogP contribution in [0, 0.1) is 0 Å². The maximum atomic E-state index is 6.88. The average molecular weight is 447 g/mol. The van der Waals surface area contributed by atoms with E-state index in [1.807, 2.05) is 68.4 Å². The minimum absolute atomic E-state index is 0.291. The molecule has 3 atom stereocenters. The molecule has 0 saturated carbocycles. The summed E-state index contributed by atoms with van der Waals surface area (Å²) in [6.45, 7) is 4.08. The number of rotatable bonds is 6. The molecule has 164 valence electrons. The minimum Gasteiger partial charge on any atom is -0.476 e. The average Bonchev–Trinajstić information content (AvgIpc) is 3.29. The van der Waals surface area contributed by atoms with Crippen molar-refractivity contribution in [2.75, 3.05) is 6.61 Å². The van der Waals surface area contributed by atoms with Crippen molar-refractivity contribution < 1.29 is 18.9 Å². The molecule has 4 nitrogen and oxygen atoms in total. The van der Waals surface area contributed by atoms with Gasteiger partial charge in [0.05, 0.1) is 6.61 Å². The minimum atomic E-state index is -0.818. The summed E-state index contributed by atoms with van der Waals surface area (Å²) in [5, 5.41) is 0.430. The van der Waals surface area contributed by atoms with Gasteiger partial charge in [0.15, 0.2) is 23.0 Å². The zero-order chi connectivity index (χ0) is 22.2. The predicted molar refractivity (Wildman–Crippen MR) is 126 cm³/mol. The summed E-state index contributed by atoms with van der Waals surface area (Å²) in [4.78, 5) is 0. The SMILES string of the molecule is CC1(C)O[C@@H]2[C@@H](COC(c3ccccc3)(c3ccccc3)c3ccccc3)OC(=S)[C@@H]2O1. The molecule has 0 spiro atoms. The highest BCUT2D eigenvalue weighted by molar-refractivity contribution is 7.80. The van der Waals surface area contributed by atoms with E-state index in [-0.39, 0.29) is 18.3 Å². The van der Waals surface area contributed by atoms with Crippen LogP contribution in [0.15, 0.2) is 91.0 Å². The Kier molecular flexibility index (Phi) is 5.59. The van der Waals surface area contributed by atoms with Gasteiger partial charge in [-0.05, 0) is 42.8 Å². The highest BCUT2D eigenvalue weighted by Crippen LogP contribution is 2.42. The largest absolute Gasteiger partial charge is 0.476 e. The van der Waals surface area contributed by atoms with Crippen molar-refractivity contribution >= 4 is 17.3 Å². The fourth-order valence-electron chi connectivity index (χ4n) is 4.63. The topological polar surface area (TPSA) is 36.9 Å². The van der Waals surface area contributed by atoms with E-state index in [1.54, 1.807) is 0 Å². The maximum Gasteiger partial charge on any atom is 0.192 e. The molecule has 2 aliphatic heterocycles. The van der Waals surface area contributed by atoms with Crippen molar-refractivity contribution in [3.63, 3.8) is 0 Å². The van der Waals surface area contributed by atoms with E-state index in [4.69, 9.17) is 31.2 Å². The molecular weight excluding hydrogens is 420 g/mol. The fraction of sp³-hybridized carbons (Fsp3) is 0.296. The van der Waals surface area contributed by atoms with Crippen LogP contribution >= 0.6 is 12.2 Å². The molecule has 5 rings (SSSR count). The van der Waals surface area contributed by atoms with E-state index in [0.717, 1.165) is 16.7 Å². The first-order valence-corrected chi connectivity index (χ1v) is 11.3. The summed E-state index contributed by atoms with van der Waals surface area (Å²) in [5.41, 5.74) is 2.30. The van der Waals surface area contributed by atoms with Crippen LogP contribution < -0.4 is 0 Å². The van der Waals surface area contributed by atoms with Gasteiger partial charge in [0.1, 0.15) is 11.7 Å². The maximum absolute atomic E-state index is 6.88. The first-order valence-electron chi connectivity index (χ1n) is 10.9. The quantitative estimate of drug-likeness (QED) is 0.382. The van der Waals surface area contributed by atoms with Crippen molar-refractivity contribution in [2.24, 2.45) is 0 Å². The molecular formula is C27H26O4S. The van der Waals surface area contributed by atoms with E-state index in [2.05, 4.69) is 36.4 Å². The Morgan fingerprint density at radius 2 is 1.25 bits per heavy atom. The van der Waals surface area contributed by atoms with Crippen LogP contribution in [0.3, 0.4) is 0 Å². The van der Waals surface area contributed by atoms with Crippen LogP contribution in [0.4, 0.5) is 0 Å². The zero-order valence-electron chi connectivity index (χ0n) is 18.1. The summed E-state index contributed by atoms with van der Waals surface area (Å²) in [6, 6.07) is 30.8. The third kappa shape index (κ3) is 3.76. The fourth-order valence-corrected chi connectivity index (χ4v) is 4.94. The normalized spacial score (nSPS) is 24.2. The molecule has 0 radical (unpaired) electrons. The van der Waals surface area contributed by atoms with E-state index < -0.39 is 11.4 Å². The molecule has 2 saturated heterocycles. The summed E-state index contributed by atoms with van der Waals surface area (Å²) >= 11 is 5.44. The Morgan fingerprint density at radius 3 is 1.72 bits per heavy atom. The zero-order valence-corrected chi connectivity index (χ0v) is 19.0. The molecule has 0 bridgehead atoms. The van der Waals surface area contributed by atoms with Gasteiger partial charge in [-0.15, -0.1) is 0 Å². The second kappa shape index (κ2) is 8.41. The first-order chi connectivity index (χ1) is 15.5. The number of ether oxygens (including phenoxy) is 4. The van der Waals surface area contributed by atoms with Gasteiger partial charge in [0.25, 0.3) is 0 Å². The van der Waals surface area contributed by atoms with Crippen LogP contribution in [-0.2, 0) is 24.5 Å². The Morgan fingerprint density at radius 1 is 0.781 bits per heavy atom. The van der Waals surface area contributed by atoms with Gasteiger partial charge >= 0.3 is 0 Å². The molecule has 32 heavy (non-hydrogen) atoms. The third-order valence-electron chi connectivity index (χ3n) is 6.00. The number of thiocarbonyl (C=S) groups is 1. The first kappa shape index (κ1) is 21.3. The summed E-state index contributed by atoms with van der Waals surface area (Å²) in [6.07, 6.45) is -1.00. The summed E-state index contributed by atoms with van der Waals surface area (Å²) in [5.74, 6) is -0.698. The van der Waals surface area contributed by atoms with Gasteiger partial charge in [-0.2, -0.15) is 0 Å². The van der Waals surface area contributed by atoms with Gasteiger partial charge in [-0.3, -0.25) is 0 Å². The standard InChI is InChI=1S/C27H26O4S/c1-26(2)30-23-22(29-25(32)24(23)31-26)18-28-27(19-12-6-3-7-13-19,20-14-8-4-9-15-20)21-16-10-5-11-17-21/h3-17,22-24H,18H2,1-2H3/t22-,23-,24-/m1/s1. The van der Waals surface area contributed by atoms with Crippen molar-refractivity contribution in [2.45, 2.75) is 43.5 Å². The Bertz CT molecular complexity index is 972. The molecule has 0 N–H and O–H groups in total. The third-order valence-corrected chi connectivity index (χ3v) is 6.33. The molecule has 3 aromatic carbocycles. The van der Waals surface area contributed by atoms with Gasteiger partial charge in [-0.1, -0.05) is 91.0 Å².